The summed E-state index contributed by atoms with van der Waals surface area (Å²) >= 11 is 0. The van der Waals surface area contributed by atoms with Crippen molar-refractivity contribution in [1.29, 1.82) is 0 Å². The third-order valence-corrected chi connectivity index (χ3v) is 3.74. The summed E-state index contributed by atoms with van der Waals surface area (Å²) in [6.45, 7) is 3.18. The summed E-state index contributed by atoms with van der Waals surface area (Å²) < 4.78 is 10.6. The molecule has 0 aromatic heterocycles. The lowest BCUT2D eigenvalue weighted by Crippen LogP contribution is -2.44. The summed E-state index contributed by atoms with van der Waals surface area (Å²) in [4.78, 5) is 11.2. The van der Waals surface area contributed by atoms with E-state index in [4.69, 9.17) is 4.74 Å². The number of carbonyl (C=O) groups is 1. The molecule has 1 heterocycles. The highest BCUT2D eigenvalue weighted by Crippen LogP contribution is 2.18. The van der Waals surface area contributed by atoms with Crippen molar-refractivity contribution in [3.8, 4) is 5.75 Å². The molecule has 110 valence electrons. The normalized spacial score (nSPS) is 20.2. The Bertz CT molecular complexity index is 424. The highest BCUT2D eigenvalue weighted by atomic mass is 16.5. The molecule has 4 nitrogen and oxygen atoms in total. The van der Waals surface area contributed by atoms with Gasteiger partial charge in [0, 0.05) is 6.04 Å². The quantitative estimate of drug-likeness (QED) is 0.839. The number of ether oxygens (including phenoxy) is 2. The topological polar surface area (TPSA) is 47.6 Å². The minimum atomic E-state index is -0.224. The van der Waals surface area contributed by atoms with Crippen LogP contribution in [0.5, 0.6) is 5.75 Å². The zero-order valence-corrected chi connectivity index (χ0v) is 12.2. The van der Waals surface area contributed by atoms with E-state index in [1.165, 1.54) is 26.4 Å². The first-order chi connectivity index (χ1) is 9.69. The molecule has 2 atom stereocenters. The van der Waals surface area contributed by atoms with Crippen LogP contribution in [0.3, 0.4) is 0 Å². The van der Waals surface area contributed by atoms with Crippen LogP contribution < -0.4 is 10.1 Å². The van der Waals surface area contributed by atoms with Crippen molar-refractivity contribution in [1.82, 2.24) is 5.32 Å². The molecule has 1 fully saturated rings. The molecule has 1 aliphatic rings. The van der Waals surface area contributed by atoms with Gasteiger partial charge in [-0.3, -0.25) is 4.79 Å². The lowest BCUT2D eigenvalue weighted by atomic mass is 10.0. The maximum Gasteiger partial charge on any atom is 0.309 e. The molecule has 1 aromatic carbocycles. The van der Waals surface area contributed by atoms with Crippen LogP contribution in [0.25, 0.3) is 0 Å². The molecular weight excluding hydrogens is 254 g/mol. The van der Waals surface area contributed by atoms with Crippen LogP contribution in [-0.2, 0) is 16.0 Å². The second-order valence-electron chi connectivity index (χ2n) is 5.28. The van der Waals surface area contributed by atoms with Crippen molar-refractivity contribution in [3.63, 3.8) is 0 Å². The van der Waals surface area contributed by atoms with E-state index in [1.807, 2.05) is 24.3 Å². The molecular formula is C16H23NO3. The van der Waals surface area contributed by atoms with Gasteiger partial charge < -0.3 is 14.8 Å². The minimum absolute atomic E-state index is 0.154. The first-order valence-corrected chi connectivity index (χ1v) is 7.25. The van der Waals surface area contributed by atoms with Crippen LogP contribution in [0.15, 0.2) is 24.3 Å². The Hall–Kier alpha value is -1.55. The summed E-state index contributed by atoms with van der Waals surface area (Å²) in [5, 5.41) is 3.50. The van der Waals surface area contributed by atoms with Gasteiger partial charge in [-0.2, -0.15) is 0 Å². The Kier molecular flexibility index (Phi) is 5.41. The van der Waals surface area contributed by atoms with Crippen molar-refractivity contribution in [2.75, 3.05) is 13.7 Å². The molecule has 2 rings (SSSR count). The van der Waals surface area contributed by atoms with E-state index < -0.39 is 0 Å². The standard InChI is InChI=1S/C16H23NO3/c1-12(15-5-3-4-10-17-15)20-14-8-6-13(7-9-14)11-16(18)19-2/h6-9,12,15,17H,3-5,10-11H2,1-2H3. The highest BCUT2D eigenvalue weighted by Gasteiger charge is 2.20. The van der Waals surface area contributed by atoms with Crippen molar-refractivity contribution in [3.05, 3.63) is 29.8 Å². The third kappa shape index (κ3) is 4.23. The van der Waals surface area contributed by atoms with Crippen LogP contribution in [0, 0.1) is 0 Å². The molecule has 20 heavy (non-hydrogen) atoms. The maximum atomic E-state index is 11.2. The second kappa shape index (κ2) is 7.29. The summed E-state index contributed by atoms with van der Waals surface area (Å²) in [6.07, 6.45) is 4.15. The first-order valence-electron chi connectivity index (χ1n) is 7.25. The Balaban J connectivity index is 1.87. The Morgan fingerprint density at radius 1 is 1.35 bits per heavy atom. The maximum absolute atomic E-state index is 11.2. The number of piperidine rings is 1. The number of nitrogens with one attached hydrogen (secondary N) is 1. The lowest BCUT2D eigenvalue weighted by molar-refractivity contribution is -0.139. The average molecular weight is 277 g/mol. The minimum Gasteiger partial charge on any atom is -0.489 e. The van der Waals surface area contributed by atoms with E-state index in [9.17, 15) is 4.79 Å². The summed E-state index contributed by atoms with van der Waals surface area (Å²) in [5.74, 6) is 0.622. The third-order valence-electron chi connectivity index (χ3n) is 3.74. The predicted octanol–water partition coefficient (Wildman–Crippen LogP) is 2.31. The number of methoxy groups -OCH3 is 1. The van der Waals surface area contributed by atoms with Crippen LogP contribution in [0.2, 0.25) is 0 Å². The second-order valence-corrected chi connectivity index (χ2v) is 5.28. The van der Waals surface area contributed by atoms with E-state index in [-0.39, 0.29) is 12.1 Å². The van der Waals surface area contributed by atoms with Gasteiger partial charge >= 0.3 is 5.97 Å². The number of rotatable bonds is 5. The fraction of sp³-hybridized carbons (Fsp3) is 0.562. The molecule has 0 saturated carbocycles. The molecule has 2 unspecified atom stereocenters. The van der Waals surface area contributed by atoms with Crippen LogP contribution in [0.4, 0.5) is 0 Å². The van der Waals surface area contributed by atoms with Gasteiger partial charge in [0.1, 0.15) is 11.9 Å². The number of benzene rings is 1. The molecule has 0 radical (unpaired) electrons. The van der Waals surface area contributed by atoms with E-state index in [1.54, 1.807) is 0 Å². The molecule has 0 bridgehead atoms. The summed E-state index contributed by atoms with van der Waals surface area (Å²) in [7, 11) is 1.40. The number of hydrogen-bond donors (Lipinski definition) is 1. The Morgan fingerprint density at radius 3 is 2.70 bits per heavy atom. The van der Waals surface area contributed by atoms with Crippen molar-refractivity contribution >= 4 is 5.97 Å². The van der Waals surface area contributed by atoms with Crippen molar-refractivity contribution in [2.24, 2.45) is 0 Å². The van der Waals surface area contributed by atoms with Gasteiger partial charge in [0.05, 0.1) is 13.5 Å². The van der Waals surface area contributed by atoms with Gasteiger partial charge in [-0.25, -0.2) is 0 Å². The van der Waals surface area contributed by atoms with Crippen molar-refractivity contribution in [2.45, 2.75) is 44.8 Å². The zero-order chi connectivity index (χ0) is 14.4. The molecule has 0 amide bonds. The number of carbonyl (C=O) groups excluding carboxylic acids is 1. The van der Waals surface area contributed by atoms with Gasteiger partial charge in [0.2, 0.25) is 0 Å². The Labute approximate surface area is 120 Å². The average Bonchev–Trinajstić information content (AvgIpc) is 2.50. The Morgan fingerprint density at radius 2 is 2.10 bits per heavy atom. The highest BCUT2D eigenvalue weighted by molar-refractivity contribution is 5.72. The zero-order valence-electron chi connectivity index (χ0n) is 12.2. The van der Waals surface area contributed by atoms with Gasteiger partial charge in [-0.1, -0.05) is 18.6 Å². The molecule has 4 heteroatoms. The van der Waals surface area contributed by atoms with E-state index in [2.05, 4.69) is 17.0 Å². The molecule has 1 aromatic rings. The summed E-state index contributed by atoms with van der Waals surface area (Å²) in [5.41, 5.74) is 0.938. The number of esters is 1. The van der Waals surface area contributed by atoms with E-state index in [0.717, 1.165) is 17.9 Å². The fourth-order valence-corrected chi connectivity index (χ4v) is 2.50. The molecule has 0 spiro atoms. The molecule has 1 N–H and O–H groups in total. The molecule has 1 aliphatic heterocycles. The number of hydrogen-bond acceptors (Lipinski definition) is 4. The van der Waals surface area contributed by atoms with Crippen LogP contribution in [-0.4, -0.2) is 31.8 Å². The molecule has 1 saturated heterocycles. The van der Waals surface area contributed by atoms with Gasteiger partial charge in [0.15, 0.2) is 0 Å². The van der Waals surface area contributed by atoms with Gasteiger partial charge in [0.25, 0.3) is 0 Å². The SMILES string of the molecule is COC(=O)Cc1ccc(OC(C)C2CCCCN2)cc1. The predicted molar refractivity (Wildman–Crippen MR) is 77.9 cm³/mol. The molecule has 0 aliphatic carbocycles. The largest absolute Gasteiger partial charge is 0.489 e. The van der Waals surface area contributed by atoms with Gasteiger partial charge in [-0.05, 0) is 44.0 Å². The lowest BCUT2D eigenvalue weighted by Gasteiger charge is -2.29. The van der Waals surface area contributed by atoms with Crippen LogP contribution >= 0.6 is 0 Å². The smallest absolute Gasteiger partial charge is 0.309 e. The monoisotopic (exact) mass is 277 g/mol. The fourth-order valence-electron chi connectivity index (χ4n) is 2.50. The van der Waals surface area contributed by atoms with Gasteiger partial charge in [-0.15, -0.1) is 0 Å². The van der Waals surface area contributed by atoms with Crippen molar-refractivity contribution < 1.29 is 14.3 Å². The van der Waals surface area contributed by atoms with E-state index >= 15 is 0 Å². The summed E-state index contributed by atoms with van der Waals surface area (Å²) in [6, 6.07) is 8.08. The van der Waals surface area contributed by atoms with E-state index in [0.29, 0.717) is 12.5 Å². The first kappa shape index (κ1) is 14.9. The van der Waals surface area contributed by atoms with Crippen LogP contribution in [0.1, 0.15) is 31.7 Å².